The first-order valence-corrected chi connectivity index (χ1v) is 9.05. The highest BCUT2D eigenvalue weighted by atomic mass is 127. The molecule has 7 heteroatoms. The summed E-state index contributed by atoms with van der Waals surface area (Å²) < 4.78 is 22.5. The van der Waals surface area contributed by atoms with E-state index in [4.69, 9.17) is 0 Å². The molecule has 21 heavy (non-hydrogen) atoms. The Hall–Kier alpha value is -0.0500. The molecule has 0 rings (SSSR count). The van der Waals surface area contributed by atoms with Gasteiger partial charge in [-0.3, -0.25) is 4.99 Å². The third-order valence-electron chi connectivity index (χ3n) is 3.47. The highest BCUT2D eigenvalue weighted by Gasteiger charge is 2.30. The predicted molar refractivity (Wildman–Crippen MR) is 102 cm³/mol. The largest absolute Gasteiger partial charge is 0.355 e. The van der Waals surface area contributed by atoms with Crippen LogP contribution in [0.2, 0.25) is 0 Å². The summed E-state index contributed by atoms with van der Waals surface area (Å²) in [5, 5.41) is 6.38. The number of guanidine groups is 1. The highest BCUT2D eigenvalue weighted by Crippen LogP contribution is 2.13. The Balaban J connectivity index is 0. The van der Waals surface area contributed by atoms with Crippen LogP contribution in [-0.2, 0) is 9.84 Å². The van der Waals surface area contributed by atoms with Gasteiger partial charge in [0, 0.05) is 25.9 Å². The summed E-state index contributed by atoms with van der Waals surface area (Å²) in [6.07, 6.45) is 3.48. The van der Waals surface area contributed by atoms with Crippen molar-refractivity contribution in [2.75, 3.05) is 19.8 Å². The molecule has 0 aromatic carbocycles. The predicted octanol–water partition coefficient (Wildman–Crippen LogP) is 2.42. The minimum Gasteiger partial charge on any atom is -0.355 e. The molecule has 0 heterocycles. The van der Waals surface area contributed by atoms with Crippen LogP contribution >= 0.6 is 24.0 Å². The molecule has 1 atom stereocenters. The quantitative estimate of drug-likeness (QED) is 0.368. The van der Waals surface area contributed by atoms with E-state index in [2.05, 4.69) is 36.4 Å². The van der Waals surface area contributed by atoms with Crippen LogP contribution in [0.5, 0.6) is 0 Å². The Morgan fingerprint density at radius 3 is 2.10 bits per heavy atom. The van der Waals surface area contributed by atoms with Crippen molar-refractivity contribution in [2.24, 2.45) is 10.9 Å². The monoisotopic (exact) mass is 433 g/mol. The normalized spacial score (nSPS) is 14.6. The van der Waals surface area contributed by atoms with Crippen LogP contribution in [0.4, 0.5) is 0 Å². The molecule has 0 aliphatic carbocycles. The van der Waals surface area contributed by atoms with E-state index in [1.165, 1.54) is 6.26 Å². The van der Waals surface area contributed by atoms with Crippen molar-refractivity contribution in [2.45, 2.75) is 58.2 Å². The molecule has 128 valence electrons. The maximum atomic E-state index is 11.7. The van der Waals surface area contributed by atoms with Crippen molar-refractivity contribution in [3.63, 3.8) is 0 Å². The Morgan fingerprint density at radius 1 is 1.19 bits per heavy atom. The molecule has 0 bridgehead atoms. The highest BCUT2D eigenvalue weighted by molar-refractivity contribution is 14.0. The molecule has 0 spiro atoms. The van der Waals surface area contributed by atoms with Gasteiger partial charge in [-0.2, -0.15) is 0 Å². The molecule has 0 aromatic rings. The number of hydrogen-bond acceptors (Lipinski definition) is 3. The molecule has 0 fully saturated rings. The van der Waals surface area contributed by atoms with Gasteiger partial charge in [-0.05, 0) is 39.5 Å². The zero-order chi connectivity index (χ0) is 16.0. The molecule has 2 N–H and O–H groups in total. The zero-order valence-electron chi connectivity index (χ0n) is 14.4. The fourth-order valence-corrected chi connectivity index (χ4v) is 1.85. The second-order valence-corrected chi connectivity index (χ2v) is 9.12. The van der Waals surface area contributed by atoms with Gasteiger partial charge in [0.15, 0.2) is 15.8 Å². The Morgan fingerprint density at radius 2 is 1.71 bits per heavy atom. The van der Waals surface area contributed by atoms with Gasteiger partial charge in [-0.1, -0.05) is 13.8 Å². The first-order chi connectivity index (χ1) is 8.99. The summed E-state index contributed by atoms with van der Waals surface area (Å²) in [5.41, 5.74) is 0. The molecule has 0 amide bonds. The van der Waals surface area contributed by atoms with E-state index in [1.807, 2.05) is 0 Å². The van der Waals surface area contributed by atoms with E-state index in [1.54, 1.807) is 20.9 Å². The third-order valence-corrected chi connectivity index (χ3v) is 5.62. The Bertz CT molecular complexity index is 420. The average molecular weight is 433 g/mol. The Labute approximate surface area is 147 Å². The summed E-state index contributed by atoms with van der Waals surface area (Å²) in [5.74, 6) is 1.33. The minimum atomic E-state index is -3.10. The van der Waals surface area contributed by atoms with E-state index in [0.29, 0.717) is 24.5 Å². The van der Waals surface area contributed by atoms with E-state index in [9.17, 15) is 8.42 Å². The second-order valence-electron chi connectivity index (χ2n) is 6.47. The number of hydrogen-bond donors (Lipinski definition) is 2. The summed E-state index contributed by atoms with van der Waals surface area (Å²) in [6, 6.07) is 0.310. The van der Waals surface area contributed by atoms with Gasteiger partial charge >= 0.3 is 0 Å². The molecule has 0 aliphatic heterocycles. The van der Waals surface area contributed by atoms with E-state index in [0.717, 1.165) is 12.8 Å². The number of aliphatic imine (C=N–C) groups is 1. The molecule has 0 aliphatic rings. The lowest BCUT2D eigenvalue weighted by Gasteiger charge is -2.25. The minimum absolute atomic E-state index is 0. The summed E-state index contributed by atoms with van der Waals surface area (Å²) >= 11 is 0. The van der Waals surface area contributed by atoms with E-state index < -0.39 is 14.6 Å². The van der Waals surface area contributed by atoms with Gasteiger partial charge < -0.3 is 10.6 Å². The van der Waals surface area contributed by atoms with E-state index >= 15 is 0 Å². The third kappa shape index (κ3) is 9.55. The lowest BCUT2D eigenvalue weighted by Crippen LogP contribution is -2.49. The maximum Gasteiger partial charge on any atom is 0.191 e. The molecule has 0 radical (unpaired) electrons. The molecular formula is C14H32IN3O2S. The van der Waals surface area contributed by atoms with Crippen LogP contribution in [0.1, 0.15) is 47.5 Å². The summed E-state index contributed by atoms with van der Waals surface area (Å²) in [4.78, 5) is 4.14. The van der Waals surface area contributed by atoms with Crippen molar-refractivity contribution in [1.82, 2.24) is 10.6 Å². The zero-order valence-corrected chi connectivity index (χ0v) is 17.5. The number of nitrogens with one attached hydrogen (secondary N) is 2. The van der Waals surface area contributed by atoms with Crippen LogP contribution in [0.3, 0.4) is 0 Å². The van der Waals surface area contributed by atoms with Gasteiger partial charge in [0.1, 0.15) is 0 Å². The van der Waals surface area contributed by atoms with Gasteiger partial charge in [0.05, 0.1) is 4.75 Å². The number of halogens is 1. The number of rotatable bonds is 7. The van der Waals surface area contributed by atoms with Gasteiger partial charge in [0.2, 0.25) is 0 Å². The van der Waals surface area contributed by atoms with Crippen molar-refractivity contribution in [3.05, 3.63) is 0 Å². The first kappa shape index (κ1) is 23.2. The van der Waals surface area contributed by atoms with Crippen molar-refractivity contribution >= 4 is 39.8 Å². The average Bonchev–Trinajstić information content (AvgIpc) is 2.30. The fourth-order valence-electron chi connectivity index (χ4n) is 1.51. The number of sulfone groups is 1. The summed E-state index contributed by atoms with van der Waals surface area (Å²) in [6.45, 7) is 10.3. The standard InChI is InChI=1S/C14H31N3O2S.HI/c1-11(2)8-9-12(3)17-13(15-6)16-10-14(4,5)20(7,18)19;/h11-12H,8-10H2,1-7H3,(H2,15,16,17);1H. The van der Waals surface area contributed by atoms with Crippen molar-refractivity contribution in [3.8, 4) is 0 Å². The molecule has 0 saturated heterocycles. The van der Waals surface area contributed by atoms with Gasteiger partial charge in [0.25, 0.3) is 0 Å². The fraction of sp³-hybridized carbons (Fsp3) is 0.929. The number of nitrogens with zero attached hydrogens (tertiary/aromatic N) is 1. The van der Waals surface area contributed by atoms with Gasteiger partial charge in [-0.15, -0.1) is 24.0 Å². The van der Waals surface area contributed by atoms with Crippen LogP contribution in [0, 0.1) is 5.92 Å². The smallest absolute Gasteiger partial charge is 0.191 e. The SMILES string of the molecule is CN=C(NCC(C)(C)S(C)(=O)=O)NC(C)CCC(C)C.I. The first-order valence-electron chi connectivity index (χ1n) is 7.16. The van der Waals surface area contributed by atoms with Crippen molar-refractivity contribution < 1.29 is 8.42 Å². The Kier molecular flexibility index (Phi) is 10.9. The second kappa shape index (κ2) is 9.86. The molecule has 0 saturated carbocycles. The summed E-state index contributed by atoms with van der Waals surface area (Å²) in [7, 11) is -1.41. The molecular weight excluding hydrogens is 401 g/mol. The van der Waals surface area contributed by atoms with Gasteiger partial charge in [-0.25, -0.2) is 8.42 Å². The van der Waals surface area contributed by atoms with Crippen LogP contribution in [-0.4, -0.2) is 45.0 Å². The lowest BCUT2D eigenvalue weighted by atomic mass is 10.0. The molecule has 5 nitrogen and oxygen atoms in total. The van der Waals surface area contributed by atoms with Crippen LogP contribution < -0.4 is 10.6 Å². The lowest BCUT2D eigenvalue weighted by molar-refractivity contribution is 0.487. The van der Waals surface area contributed by atoms with Crippen LogP contribution in [0.15, 0.2) is 4.99 Å². The molecule has 0 aromatic heterocycles. The molecule has 1 unspecified atom stereocenters. The van der Waals surface area contributed by atoms with Crippen molar-refractivity contribution in [1.29, 1.82) is 0 Å². The maximum absolute atomic E-state index is 11.7. The van der Waals surface area contributed by atoms with Crippen LogP contribution in [0.25, 0.3) is 0 Å². The van der Waals surface area contributed by atoms with E-state index in [-0.39, 0.29) is 24.0 Å². The topological polar surface area (TPSA) is 70.6 Å².